The quantitative estimate of drug-likeness (QED) is 0.857. The van der Waals surface area contributed by atoms with E-state index < -0.39 is 0 Å². The minimum atomic E-state index is -0.249. The van der Waals surface area contributed by atoms with Crippen LogP contribution < -0.4 is 11.1 Å². The van der Waals surface area contributed by atoms with Crippen molar-refractivity contribution in [3.05, 3.63) is 51.2 Å². The highest BCUT2D eigenvalue weighted by molar-refractivity contribution is 7.13. The zero-order valence-electron chi connectivity index (χ0n) is 14.4. The molecule has 1 aromatic carbocycles. The molecule has 3 rings (SSSR count). The van der Waals surface area contributed by atoms with Crippen LogP contribution in [0.4, 0.5) is 4.39 Å². The van der Waals surface area contributed by atoms with Crippen LogP contribution in [-0.4, -0.2) is 23.5 Å². The lowest BCUT2D eigenvalue weighted by Gasteiger charge is -2.31. The predicted molar refractivity (Wildman–Crippen MR) is 98.3 cm³/mol. The molecule has 2 aromatic rings. The number of thiazole rings is 1. The minimum Gasteiger partial charge on any atom is -0.348 e. The Hall–Kier alpha value is -1.79. The van der Waals surface area contributed by atoms with Crippen molar-refractivity contribution < 1.29 is 9.18 Å². The Balaban J connectivity index is 1.68. The van der Waals surface area contributed by atoms with Crippen molar-refractivity contribution in [2.45, 2.75) is 45.1 Å². The number of amides is 1. The van der Waals surface area contributed by atoms with E-state index in [-0.39, 0.29) is 17.8 Å². The number of nitrogens with two attached hydrogens (primary N) is 1. The van der Waals surface area contributed by atoms with Crippen molar-refractivity contribution in [1.82, 2.24) is 10.3 Å². The van der Waals surface area contributed by atoms with Crippen LogP contribution in [0, 0.1) is 18.7 Å². The predicted octanol–water partition coefficient (Wildman–Crippen LogP) is 3.43. The van der Waals surface area contributed by atoms with E-state index in [1.165, 1.54) is 29.9 Å². The molecule has 1 aromatic heterocycles. The monoisotopic (exact) mass is 361 g/mol. The van der Waals surface area contributed by atoms with Gasteiger partial charge in [0.25, 0.3) is 5.91 Å². The molecule has 1 amide bonds. The third-order valence-electron chi connectivity index (χ3n) is 4.84. The van der Waals surface area contributed by atoms with Gasteiger partial charge in [0.05, 0.1) is 10.7 Å². The molecule has 4 nitrogen and oxygen atoms in total. The van der Waals surface area contributed by atoms with Crippen LogP contribution in [0.2, 0.25) is 0 Å². The first-order valence-electron chi connectivity index (χ1n) is 8.78. The second kappa shape index (κ2) is 8.06. The van der Waals surface area contributed by atoms with Gasteiger partial charge in [-0.25, -0.2) is 9.37 Å². The second-order valence-electron chi connectivity index (χ2n) is 6.69. The van der Waals surface area contributed by atoms with E-state index in [9.17, 15) is 9.18 Å². The van der Waals surface area contributed by atoms with Gasteiger partial charge in [-0.15, -0.1) is 11.3 Å². The maximum absolute atomic E-state index is 13.0. The Morgan fingerprint density at radius 1 is 1.32 bits per heavy atom. The van der Waals surface area contributed by atoms with Crippen molar-refractivity contribution in [2.75, 3.05) is 6.54 Å². The van der Waals surface area contributed by atoms with Crippen LogP contribution in [0.5, 0.6) is 0 Å². The van der Waals surface area contributed by atoms with Gasteiger partial charge in [-0.1, -0.05) is 25.0 Å². The zero-order chi connectivity index (χ0) is 17.8. The van der Waals surface area contributed by atoms with Gasteiger partial charge >= 0.3 is 0 Å². The Morgan fingerprint density at radius 2 is 2.04 bits per heavy atom. The van der Waals surface area contributed by atoms with Crippen LogP contribution in [0.25, 0.3) is 0 Å². The molecule has 0 bridgehead atoms. The topological polar surface area (TPSA) is 68.0 Å². The molecule has 134 valence electrons. The van der Waals surface area contributed by atoms with Crippen LogP contribution in [0.15, 0.2) is 24.3 Å². The van der Waals surface area contributed by atoms with Gasteiger partial charge in [-0.05, 0) is 49.9 Å². The SMILES string of the molecule is Cc1nc(Cc2ccc(F)cc2)sc1C(=O)NC1CCCCC1CN. The number of aryl methyl sites for hydroxylation is 1. The molecule has 3 N–H and O–H groups in total. The van der Waals surface area contributed by atoms with Gasteiger partial charge in [0.15, 0.2) is 0 Å². The summed E-state index contributed by atoms with van der Waals surface area (Å²) >= 11 is 1.42. The van der Waals surface area contributed by atoms with Crippen molar-refractivity contribution in [3.8, 4) is 0 Å². The molecule has 6 heteroatoms. The number of halogens is 1. The maximum Gasteiger partial charge on any atom is 0.263 e. The molecular weight excluding hydrogens is 337 g/mol. The highest BCUT2D eigenvalue weighted by Gasteiger charge is 2.27. The fraction of sp³-hybridized carbons (Fsp3) is 0.474. The van der Waals surface area contributed by atoms with Crippen LogP contribution in [-0.2, 0) is 6.42 Å². The summed E-state index contributed by atoms with van der Waals surface area (Å²) in [6, 6.07) is 6.55. The maximum atomic E-state index is 13.0. The first-order valence-corrected chi connectivity index (χ1v) is 9.60. The highest BCUT2D eigenvalue weighted by Crippen LogP contribution is 2.25. The summed E-state index contributed by atoms with van der Waals surface area (Å²) in [5.41, 5.74) is 7.58. The minimum absolute atomic E-state index is 0.0503. The van der Waals surface area contributed by atoms with E-state index in [1.54, 1.807) is 12.1 Å². The number of aromatic nitrogens is 1. The van der Waals surface area contributed by atoms with E-state index in [0.29, 0.717) is 23.8 Å². The molecule has 0 saturated heterocycles. The molecule has 0 aliphatic heterocycles. The summed E-state index contributed by atoms with van der Waals surface area (Å²) in [4.78, 5) is 17.9. The van der Waals surface area contributed by atoms with Crippen LogP contribution >= 0.6 is 11.3 Å². The van der Waals surface area contributed by atoms with Gasteiger partial charge < -0.3 is 11.1 Å². The molecule has 0 spiro atoms. The molecule has 1 aliphatic carbocycles. The zero-order valence-corrected chi connectivity index (χ0v) is 15.2. The lowest BCUT2D eigenvalue weighted by atomic mass is 9.84. The molecule has 1 aliphatic rings. The van der Waals surface area contributed by atoms with Crippen LogP contribution in [0.3, 0.4) is 0 Å². The summed E-state index contributed by atoms with van der Waals surface area (Å²) in [6.45, 7) is 2.48. The van der Waals surface area contributed by atoms with E-state index in [0.717, 1.165) is 35.5 Å². The standard InChI is InChI=1S/C19H24FN3OS/c1-12-18(19(24)23-16-5-3-2-4-14(16)11-21)25-17(22-12)10-13-6-8-15(20)9-7-13/h6-9,14,16H,2-5,10-11,21H2,1H3,(H,23,24). The van der Waals surface area contributed by atoms with Crippen molar-refractivity contribution >= 4 is 17.2 Å². The number of carbonyl (C=O) groups is 1. The van der Waals surface area contributed by atoms with Crippen molar-refractivity contribution in [2.24, 2.45) is 11.7 Å². The second-order valence-corrected chi connectivity index (χ2v) is 7.77. The molecule has 1 heterocycles. The third kappa shape index (κ3) is 4.44. The molecular formula is C19H24FN3OS. The van der Waals surface area contributed by atoms with Gasteiger partial charge in [-0.2, -0.15) is 0 Å². The fourth-order valence-electron chi connectivity index (χ4n) is 3.43. The fourth-order valence-corrected chi connectivity index (χ4v) is 4.43. The molecule has 2 atom stereocenters. The third-order valence-corrected chi connectivity index (χ3v) is 6.00. The number of carbonyl (C=O) groups excluding carboxylic acids is 1. The Kier molecular flexibility index (Phi) is 5.81. The largest absolute Gasteiger partial charge is 0.348 e. The average Bonchev–Trinajstić information content (AvgIpc) is 2.98. The van der Waals surface area contributed by atoms with E-state index in [2.05, 4.69) is 10.3 Å². The number of nitrogens with zero attached hydrogens (tertiary/aromatic N) is 1. The smallest absolute Gasteiger partial charge is 0.263 e. The summed E-state index contributed by atoms with van der Waals surface area (Å²) in [5.74, 6) is 0.0661. The first-order chi connectivity index (χ1) is 12.1. The van der Waals surface area contributed by atoms with Gasteiger partial charge in [0.2, 0.25) is 0 Å². The molecule has 2 unspecified atom stereocenters. The number of rotatable bonds is 5. The Labute approximate surface area is 151 Å². The van der Waals surface area contributed by atoms with Crippen LogP contribution in [0.1, 0.15) is 51.6 Å². The molecule has 0 radical (unpaired) electrons. The highest BCUT2D eigenvalue weighted by atomic mass is 32.1. The summed E-state index contributed by atoms with van der Waals surface area (Å²) in [7, 11) is 0. The Bertz CT molecular complexity index is 729. The van der Waals surface area contributed by atoms with Gasteiger partial charge in [-0.3, -0.25) is 4.79 Å². The summed E-state index contributed by atoms with van der Waals surface area (Å²) < 4.78 is 13.0. The number of benzene rings is 1. The summed E-state index contributed by atoms with van der Waals surface area (Å²) in [6.07, 6.45) is 5.01. The average molecular weight is 361 g/mol. The lowest BCUT2D eigenvalue weighted by Crippen LogP contribution is -2.44. The number of hydrogen-bond donors (Lipinski definition) is 2. The van der Waals surface area contributed by atoms with Crippen molar-refractivity contribution in [1.29, 1.82) is 0 Å². The summed E-state index contributed by atoms with van der Waals surface area (Å²) in [5, 5.41) is 4.03. The van der Waals surface area contributed by atoms with E-state index in [4.69, 9.17) is 5.73 Å². The van der Waals surface area contributed by atoms with E-state index in [1.807, 2.05) is 6.92 Å². The molecule has 1 fully saturated rings. The van der Waals surface area contributed by atoms with Crippen molar-refractivity contribution in [3.63, 3.8) is 0 Å². The lowest BCUT2D eigenvalue weighted by molar-refractivity contribution is 0.0911. The first kappa shape index (κ1) is 18.0. The molecule has 1 saturated carbocycles. The van der Waals surface area contributed by atoms with E-state index >= 15 is 0 Å². The van der Waals surface area contributed by atoms with Gasteiger partial charge in [0.1, 0.15) is 10.7 Å². The number of nitrogens with one attached hydrogen (secondary N) is 1. The normalized spacial score (nSPS) is 20.4. The molecule has 25 heavy (non-hydrogen) atoms. The van der Waals surface area contributed by atoms with Gasteiger partial charge in [0, 0.05) is 12.5 Å². The number of hydrogen-bond acceptors (Lipinski definition) is 4. The Morgan fingerprint density at radius 3 is 2.76 bits per heavy atom.